The molecule has 2 aliphatic heterocycles. The van der Waals surface area contributed by atoms with Crippen molar-refractivity contribution in [2.24, 2.45) is 5.92 Å². The van der Waals surface area contributed by atoms with Crippen molar-refractivity contribution in [2.45, 2.75) is 58.5 Å². The number of rotatable bonds is 7. The molecule has 0 saturated carbocycles. The van der Waals surface area contributed by atoms with Crippen LogP contribution in [-0.4, -0.2) is 70.9 Å². The van der Waals surface area contributed by atoms with Gasteiger partial charge in [-0.15, -0.1) is 0 Å². The molecular weight excluding hydrogens is 336 g/mol. The lowest BCUT2D eigenvalue weighted by Crippen LogP contribution is -2.51. The highest BCUT2D eigenvalue weighted by molar-refractivity contribution is 5.79. The Labute approximate surface area is 164 Å². The zero-order valence-corrected chi connectivity index (χ0v) is 17.1. The number of nitrogens with zero attached hydrogens (tertiary/aromatic N) is 4. The van der Waals surface area contributed by atoms with Crippen molar-refractivity contribution in [1.82, 2.24) is 19.7 Å². The van der Waals surface area contributed by atoms with E-state index in [1.165, 1.54) is 24.9 Å². The van der Waals surface area contributed by atoms with E-state index < -0.39 is 0 Å². The summed E-state index contributed by atoms with van der Waals surface area (Å²) in [5.74, 6) is 0.597. The van der Waals surface area contributed by atoms with E-state index in [1.807, 2.05) is 12.4 Å². The Kier molecular flexibility index (Phi) is 7.65. The number of amides is 1. The summed E-state index contributed by atoms with van der Waals surface area (Å²) in [6.07, 6.45) is 9.48. The van der Waals surface area contributed by atoms with E-state index in [2.05, 4.69) is 45.7 Å². The van der Waals surface area contributed by atoms with Crippen LogP contribution >= 0.6 is 0 Å². The molecule has 1 aromatic rings. The predicted molar refractivity (Wildman–Crippen MR) is 109 cm³/mol. The Hall–Kier alpha value is -1.46. The van der Waals surface area contributed by atoms with Gasteiger partial charge in [0.15, 0.2) is 0 Å². The minimum absolute atomic E-state index is 0.208. The third-order valence-corrected chi connectivity index (χ3v) is 6.22. The molecule has 1 aromatic heterocycles. The van der Waals surface area contributed by atoms with Crippen LogP contribution in [0.5, 0.6) is 0 Å². The second-order valence-electron chi connectivity index (χ2n) is 8.11. The molecule has 0 bridgehead atoms. The lowest BCUT2D eigenvalue weighted by Gasteiger charge is -2.42. The van der Waals surface area contributed by atoms with E-state index in [0.717, 1.165) is 58.5 Å². The van der Waals surface area contributed by atoms with Crippen molar-refractivity contribution in [3.05, 3.63) is 30.1 Å². The molecule has 5 nitrogen and oxygen atoms in total. The Morgan fingerprint density at radius 2 is 1.89 bits per heavy atom. The van der Waals surface area contributed by atoms with Gasteiger partial charge < -0.3 is 4.90 Å². The van der Waals surface area contributed by atoms with Crippen molar-refractivity contribution in [3.8, 4) is 0 Å². The molecule has 3 rings (SSSR count). The SMILES string of the molecule is CCCN(CC)C(=O)[C@@H]1CCCN(C2CCN(Cc3ccncc3)CC2)C1. The maximum Gasteiger partial charge on any atom is 0.226 e. The van der Waals surface area contributed by atoms with Crippen molar-refractivity contribution in [2.75, 3.05) is 39.3 Å². The Balaban J connectivity index is 1.48. The molecule has 2 fully saturated rings. The Morgan fingerprint density at radius 3 is 2.56 bits per heavy atom. The number of hydrogen-bond acceptors (Lipinski definition) is 4. The van der Waals surface area contributed by atoms with E-state index in [9.17, 15) is 4.79 Å². The van der Waals surface area contributed by atoms with Crippen LogP contribution in [0.15, 0.2) is 24.5 Å². The number of aromatic nitrogens is 1. The van der Waals surface area contributed by atoms with Gasteiger partial charge in [-0.25, -0.2) is 0 Å². The fraction of sp³-hybridized carbons (Fsp3) is 0.727. The third kappa shape index (κ3) is 5.52. The van der Waals surface area contributed by atoms with Crippen LogP contribution in [0, 0.1) is 5.92 Å². The lowest BCUT2D eigenvalue weighted by molar-refractivity contribution is -0.137. The molecule has 27 heavy (non-hydrogen) atoms. The summed E-state index contributed by atoms with van der Waals surface area (Å²) in [6.45, 7) is 11.5. The summed E-state index contributed by atoms with van der Waals surface area (Å²) >= 11 is 0. The quantitative estimate of drug-likeness (QED) is 0.738. The number of piperidine rings is 2. The molecule has 0 spiro atoms. The molecule has 1 amide bonds. The molecular formula is C22H36N4O. The van der Waals surface area contributed by atoms with Gasteiger partial charge in [0.05, 0.1) is 5.92 Å². The van der Waals surface area contributed by atoms with Crippen molar-refractivity contribution in [1.29, 1.82) is 0 Å². The number of hydrogen-bond donors (Lipinski definition) is 0. The minimum Gasteiger partial charge on any atom is -0.343 e. The summed E-state index contributed by atoms with van der Waals surface area (Å²) in [6, 6.07) is 4.88. The van der Waals surface area contributed by atoms with Crippen molar-refractivity contribution < 1.29 is 4.79 Å². The first-order chi connectivity index (χ1) is 13.2. The zero-order chi connectivity index (χ0) is 19.1. The molecule has 0 aromatic carbocycles. The minimum atomic E-state index is 0.208. The first kappa shape index (κ1) is 20.3. The van der Waals surface area contributed by atoms with Gasteiger partial charge in [0, 0.05) is 44.6 Å². The molecule has 2 saturated heterocycles. The van der Waals surface area contributed by atoms with Crippen LogP contribution in [0.3, 0.4) is 0 Å². The normalized spacial score (nSPS) is 22.7. The molecule has 0 N–H and O–H groups in total. The van der Waals surface area contributed by atoms with Crippen LogP contribution in [0.4, 0.5) is 0 Å². The van der Waals surface area contributed by atoms with Crippen molar-refractivity contribution >= 4 is 5.91 Å². The maximum absolute atomic E-state index is 12.9. The molecule has 0 unspecified atom stereocenters. The second-order valence-corrected chi connectivity index (χ2v) is 8.11. The van der Waals surface area contributed by atoms with E-state index in [4.69, 9.17) is 0 Å². The van der Waals surface area contributed by atoms with Crippen LogP contribution < -0.4 is 0 Å². The smallest absolute Gasteiger partial charge is 0.226 e. The van der Waals surface area contributed by atoms with Gasteiger partial charge in [0.1, 0.15) is 0 Å². The van der Waals surface area contributed by atoms with Crippen LogP contribution in [0.25, 0.3) is 0 Å². The molecule has 3 heterocycles. The maximum atomic E-state index is 12.9. The van der Waals surface area contributed by atoms with Gasteiger partial charge in [-0.2, -0.15) is 0 Å². The van der Waals surface area contributed by atoms with Gasteiger partial charge in [-0.1, -0.05) is 6.92 Å². The number of carbonyl (C=O) groups excluding carboxylic acids is 1. The first-order valence-corrected chi connectivity index (χ1v) is 10.8. The average molecular weight is 373 g/mol. The number of likely N-dealkylation sites (tertiary alicyclic amines) is 2. The molecule has 0 radical (unpaired) electrons. The van der Waals surface area contributed by atoms with E-state index in [1.54, 1.807) is 0 Å². The number of pyridine rings is 1. The zero-order valence-electron chi connectivity index (χ0n) is 17.1. The van der Waals surface area contributed by atoms with Gasteiger partial charge in [-0.3, -0.25) is 19.6 Å². The molecule has 5 heteroatoms. The molecule has 2 aliphatic rings. The van der Waals surface area contributed by atoms with Crippen LogP contribution in [0.1, 0.15) is 51.5 Å². The number of carbonyl (C=O) groups is 1. The summed E-state index contributed by atoms with van der Waals surface area (Å²) < 4.78 is 0. The average Bonchev–Trinajstić information content (AvgIpc) is 2.73. The van der Waals surface area contributed by atoms with E-state index in [-0.39, 0.29) is 5.92 Å². The standard InChI is InChI=1S/C22H36N4O/c1-3-13-25(4-2)22(27)20-6-5-14-26(18-20)21-9-15-24(16-10-21)17-19-7-11-23-12-8-19/h7-8,11-12,20-21H,3-6,9-10,13-18H2,1-2H3/t20-/m1/s1. The second kappa shape index (κ2) is 10.2. The van der Waals surface area contributed by atoms with Gasteiger partial charge in [0.2, 0.25) is 5.91 Å². The largest absolute Gasteiger partial charge is 0.343 e. The summed E-state index contributed by atoms with van der Waals surface area (Å²) in [5.41, 5.74) is 1.35. The molecule has 1 atom stereocenters. The van der Waals surface area contributed by atoms with Crippen molar-refractivity contribution in [3.63, 3.8) is 0 Å². The predicted octanol–water partition coefficient (Wildman–Crippen LogP) is 3.02. The highest BCUT2D eigenvalue weighted by Gasteiger charge is 2.33. The summed E-state index contributed by atoms with van der Waals surface area (Å²) in [5, 5.41) is 0. The Bertz CT molecular complexity index is 571. The first-order valence-electron chi connectivity index (χ1n) is 10.8. The van der Waals surface area contributed by atoms with Gasteiger partial charge >= 0.3 is 0 Å². The van der Waals surface area contributed by atoms with Gasteiger partial charge in [-0.05, 0) is 76.4 Å². The monoisotopic (exact) mass is 372 g/mol. The Morgan fingerprint density at radius 1 is 1.15 bits per heavy atom. The highest BCUT2D eigenvalue weighted by Crippen LogP contribution is 2.25. The fourth-order valence-electron chi connectivity index (χ4n) is 4.68. The highest BCUT2D eigenvalue weighted by atomic mass is 16.2. The molecule has 150 valence electrons. The lowest BCUT2D eigenvalue weighted by atomic mass is 9.92. The fourth-order valence-corrected chi connectivity index (χ4v) is 4.68. The van der Waals surface area contributed by atoms with E-state index >= 15 is 0 Å². The molecule has 0 aliphatic carbocycles. The topological polar surface area (TPSA) is 39.7 Å². The van der Waals surface area contributed by atoms with E-state index in [0.29, 0.717) is 11.9 Å². The summed E-state index contributed by atoms with van der Waals surface area (Å²) in [4.78, 5) is 24.2. The van der Waals surface area contributed by atoms with Crippen LogP contribution in [-0.2, 0) is 11.3 Å². The summed E-state index contributed by atoms with van der Waals surface area (Å²) in [7, 11) is 0. The van der Waals surface area contributed by atoms with Crippen LogP contribution in [0.2, 0.25) is 0 Å². The van der Waals surface area contributed by atoms with Gasteiger partial charge in [0.25, 0.3) is 0 Å². The third-order valence-electron chi connectivity index (χ3n) is 6.22.